The van der Waals surface area contributed by atoms with Gasteiger partial charge in [-0.15, -0.1) is 0 Å². The van der Waals surface area contributed by atoms with Crippen molar-refractivity contribution in [3.8, 4) is 5.75 Å². The van der Waals surface area contributed by atoms with Crippen LogP contribution in [0.1, 0.15) is 44.2 Å². The maximum Gasteiger partial charge on any atom is 0.123 e. The Morgan fingerprint density at radius 1 is 1.35 bits per heavy atom. The van der Waals surface area contributed by atoms with Crippen molar-refractivity contribution >= 4 is 11.8 Å². The fraction of sp³-hybridized carbons (Fsp3) is 0.647. The fourth-order valence-corrected chi connectivity index (χ4v) is 4.39. The molecule has 1 fully saturated rings. The van der Waals surface area contributed by atoms with Crippen molar-refractivity contribution in [1.82, 2.24) is 5.32 Å². The van der Waals surface area contributed by atoms with Gasteiger partial charge in [0.05, 0.1) is 0 Å². The lowest BCUT2D eigenvalue weighted by molar-refractivity contribution is 0.138. The van der Waals surface area contributed by atoms with Crippen molar-refractivity contribution in [2.75, 3.05) is 12.3 Å². The van der Waals surface area contributed by atoms with Gasteiger partial charge in [-0.05, 0) is 49.6 Å². The summed E-state index contributed by atoms with van der Waals surface area (Å²) < 4.78 is 5.93. The first-order valence-electron chi connectivity index (χ1n) is 7.75. The number of hydrogen-bond acceptors (Lipinski definition) is 3. The molecule has 110 valence electrons. The van der Waals surface area contributed by atoms with Crippen LogP contribution in [0.15, 0.2) is 18.2 Å². The number of benzene rings is 1. The Balaban J connectivity index is 1.51. The molecule has 0 aromatic heterocycles. The van der Waals surface area contributed by atoms with Gasteiger partial charge in [-0.25, -0.2) is 0 Å². The standard InChI is InChI=1S/C17H25NOS/c1-17(2)10-14-9-13(6-7-16(14)19-17)11-18-12-15-5-3-4-8-20-15/h6-7,9,15,18H,3-5,8,10-12H2,1-2H3. The van der Waals surface area contributed by atoms with E-state index in [4.69, 9.17) is 4.74 Å². The first kappa shape index (κ1) is 14.3. The summed E-state index contributed by atoms with van der Waals surface area (Å²) in [5.74, 6) is 2.42. The van der Waals surface area contributed by atoms with E-state index in [0.29, 0.717) is 0 Å². The van der Waals surface area contributed by atoms with E-state index < -0.39 is 0 Å². The number of thioether (sulfide) groups is 1. The van der Waals surface area contributed by atoms with Crippen molar-refractivity contribution < 1.29 is 4.74 Å². The molecule has 1 saturated heterocycles. The molecular formula is C17H25NOS. The molecule has 2 nitrogen and oxygen atoms in total. The Kier molecular flexibility index (Phi) is 4.27. The molecule has 0 saturated carbocycles. The summed E-state index contributed by atoms with van der Waals surface area (Å²) in [5, 5.41) is 4.44. The molecule has 2 heterocycles. The predicted octanol–water partition coefficient (Wildman–Crippen LogP) is 3.78. The fourth-order valence-electron chi connectivity index (χ4n) is 3.12. The minimum atomic E-state index is -0.0346. The van der Waals surface area contributed by atoms with E-state index in [9.17, 15) is 0 Å². The van der Waals surface area contributed by atoms with Crippen molar-refractivity contribution in [3.63, 3.8) is 0 Å². The molecule has 0 radical (unpaired) electrons. The van der Waals surface area contributed by atoms with Gasteiger partial charge in [0.15, 0.2) is 0 Å². The highest BCUT2D eigenvalue weighted by molar-refractivity contribution is 7.99. The minimum absolute atomic E-state index is 0.0346. The van der Waals surface area contributed by atoms with Crippen LogP contribution in [0, 0.1) is 0 Å². The summed E-state index contributed by atoms with van der Waals surface area (Å²) in [6.07, 6.45) is 5.21. The summed E-state index contributed by atoms with van der Waals surface area (Å²) in [4.78, 5) is 0. The van der Waals surface area contributed by atoms with Crippen molar-refractivity contribution in [1.29, 1.82) is 0 Å². The van der Waals surface area contributed by atoms with Crippen LogP contribution < -0.4 is 10.1 Å². The Labute approximate surface area is 126 Å². The molecule has 3 heteroatoms. The zero-order valence-corrected chi connectivity index (χ0v) is 13.4. The monoisotopic (exact) mass is 291 g/mol. The lowest BCUT2D eigenvalue weighted by Crippen LogP contribution is -2.26. The van der Waals surface area contributed by atoms with Gasteiger partial charge in [-0.1, -0.05) is 18.6 Å². The SMILES string of the molecule is CC1(C)Cc2cc(CNCC3CCCCS3)ccc2O1. The van der Waals surface area contributed by atoms with Crippen molar-refractivity contribution in [2.45, 2.75) is 56.9 Å². The Bertz CT molecular complexity index is 466. The lowest BCUT2D eigenvalue weighted by Gasteiger charge is -2.21. The maximum atomic E-state index is 5.93. The molecule has 2 aliphatic rings. The number of hydrogen-bond donors (Lipinski definition) is 1. The second-order valence-corrected chi connectivity index (χ2v) is 8.01. The third kappa shape index (κ3) is 3.50. The second kappa shape index (κ2) is 5.98. The molecule has 1 aromatic rings. The molecule has 0 aliphatic carbocycles. The van der Waals surface area contributed by atoms with Crippen LogP contribution in [0.5, 0.6) is 5.75 Å². The molecule has 3 rings (SSSR count). The van der Waals surface area contributed by atoms with Crippen LogP contribution in [-0.4, -0.2) is 23.1 Å². The topological polar surface area (TPSA) is 21.3 Å². The summed E-state index contributed by atoms with van der Waals surface area (Å²) in [5.41, 5.74) is 2.71. The smallest absolute Gasteiger partial charge is 0.123 e. The highest BCUT2D eigenvalue weighted by Gasteiger charge is 2.29. The first-order chi connectivity index (χ1) is 9.62. The van der Waals surface area contributed by atoms with E-state index in [1.165, 1.54) is 36.1 Å². The zero-order valence-electron chi connectivity index (χ0n) is 12.6. The van der Waals surface area contributed by atoms with Gasteiger partial charge in [0, 0.05) is 24.8 Å². The van der Waals surface area contributed by atoms with E-state index in [-0.39, 0.29) is 5.60 Å². The predicted molar refractivity (Wildman–Crippen MR) is 86.7 cm³/mol. The van der Waals surface area contributed by atoms with Gasteiger partial charge in [-0.3, -0.25) is 0 Å². The quantitative estimate of drug-likeness (QED) is 0.912. The summed E-state index contributed by atoms with van der Waals surface area (Å²) >= 11 is 2.14. The molecule has 1 aromatic carbocycles. The third-order valence-electron chi connectivity index (χ3n) is 4.10. The van der Waals surface area contributed by atoms with Gasteiger partial charge >= 0.3 is 0 Å². The van der Waals surface area contributed by atoms with E-state index >= 15 is 0 Å². The molecule has 0 bridgehead atoms. The highest BCUT2D eigenvalue weighted by Crippen LogP contribution is 2.35. The van der Waals surface area contributed by atoms with Crippen LogP contribution in [0.2, 0.25) is 0 Å². The Morgan fingerprint density at radius 3 is 3.05 bits per heavy atom. The molecular weight excluding hydrogens is 266 g/mol. The van der Waals surface area contributed by atoms with Crippen molar-refractivity contribution in [2.24, 2.45) is 0 Å². The van der Waals surface area contributed by atoms with Crippen LogP contribution in [0.3, 0.4) is 0 Å². The summed E-state index contributed by atoms with van der Waals surface area (Å²) in [6.45, 7) is 6.44. The average molecular weight is 291 g/mol. The summed E-state index contributed by atoms with van der Waals surface area (Å²) in [7, 11) is 0. The van der Waals surface area contributed by atoms with Gasteiger partial charge in [-0.2, -0.15) is 11.8 Å². The van der Waals surface area contributed by atoms with Crippen LogP contribution in [0.4, 0.5) is 0 Å². The summed E-state index contributed by atoms with van der Waals surface area (Å²) in [6, 6.07) is 6.64. The van der Waals surface area contributed by atoms with Crippen LogP contribution in [0.25, 0.3) is 0 Å². The van der Waals surface area contributed by atoms with Crippen molar-refractivity contribution in [3.05, 3.63) is 29.3 Å². The van der Waals surface area contributed by atoms with Crippen LogP contribution in [-0.2, 0) is 13.0 Å². The third-order valence-corrected chi connectivity index (χ3v) is 5.50. The molecule has 1 atom stereocenters. The largest absolute Gasteiger partial charge is 0.487 e. The second-order valence-electron chi connectivity index (χ2n) is 6.60. The number of ether oxygens (including phenoxy) is 1. The van der Waals surface area contributed by atoms with E-state index in [1.54, 1.807) is 0 Å². The zero-order chi connectivity index (χ0) is 14.0. The number of rotatable bonds is 4. The molecule has 2 aliphatic heterocycles. The average Bonchev–Trinajstić information content (AvgIpc) is 2.73. The molecule has 1 unspecified atom stereocenters. The Morgan fingerprint density at radius 2 is 2.25 bits per heavy atom. The normalized spacial score (nSPS) is 24.2. The highest BCUT2D eigenvalue weighted by atomic mass is 32.2. The molecule has 0 amide bonds. The molecule has 20 heavy (non-hydrogen) atoms. The van der Waals surface area contributed by atoms with Gasteiger partial charge in [0.2, 0.25) is 0 Å². The van der Waals surface area contributed by atoms with E-state index in [0.717, 1.165) is 30.5 Å². The minimum Gasteiger partial charge on any atom is -0.487 e. The molecule has 1 N–H and O–H groups in total. The number of fused-ring (bicyclic) bond motifs is 1. The van der Waals surface area contributed by atoms with Gasteiger partial charge in [0.25, 0.3) is 0 Å². The van der Waals surface area contributed by atoms with E-state index in [2.05, 4.69) is 49.1 Å². The van der Waals surface area contributed by atoms with Crippen LogP contribution >= 0.6 is 11.8 Å². The first-order valence-corrected chi connectivity index (χ1v) is 8.80. The lowest BCUT2D eigenvalue weighted by atomic mass is 10.0. The molecule has 0 spiro atoms. The number of nitrogens with one attached hydrogen (secondary N) is 1. The Hall–Kier alpha value is -0.670. The maximum absolute atomic E-state index is 5.93. The van der Waals surface area contributed by atoms with Gasteiger partial charge < -0.3 is 10.1 Å². The van der Waals surface area contributed by atoms with E-state index in [1.807, 2.05) is 0 Å². The van der Waals surface area contributed by atoms with Gasteiger partial charge in [0.1, 0.15) is 11.4 Å².